The molecule has 0 radical (unpaired) electrons. The number of anilines is 1. The second kappa shape index (κ2) is 19.1. The fraction of sp³-hybridized carbons (Fsp3) is 0.561. The Bertz CT molecular complexity index is 1780. The lowest BCUT2D eigenvalue weighted by Gasteiger charge is -2.39. The molecule has 2 aromatic rings. The van der Waals surface area contributed by atoms with Crippen molar-refractivity contribution in [3.05, 3.63) is 65.2 Å². The predicted molar refractivity (Wildman–Crippen MR) is 212 cm³/mol. The molecule has 0 unspecified atom stereocenters. The SMILES string of the molecule is C[C@@H]1C[C@H]2C(=O)O[C@@H](C)[C@H](NC(=O)[C@H](Cc3ccccc3)NC(=O)Nc3ccccc3Cl)C(=O)N3CCC[C@H]3C(=O)N3CCCC[C@H]3C(=O)N[C@@H](C)COCN2C1. The normalized spacial score (nSPS) is 28.5. The molecular weight excluding hydrogens is 754 g/mol. The van der Waals surface area contributed by atoms with E-state index in [2.05, 4.69) is 21.3 Å². The summed E-state index contributed by atoms with van der Waals surface area (Å²) in [4.78, 5) is 89.2. The number of hydrogen-bond acceptors (Lipinski definition) is 9. The first-order valence-corrected chi connectivity index (χ1v) is 20.4. The van der Waals surface area contributed by atoms with Crippen LogP contribution in [-0.4, -0.2) is 126 Å². The van der Waals surface area contributed by atoms with Crippen LogP contribution in [0.1, 0.15) is 64.9 Å². The summed E-state index contributed by atoms with van der Waals surface area (Å²) < 4.78 is 12.0. The molecule has 16 heteroatoms. The van der Waals surface area contributed by atoms with Crippen LogP contribution in [0.3, 0.4) is 0 Å². The van der Waals surface area contributed by atoms with E-state index in [1.165, 1.54) is 4.90 Å². The molecule has 15 nitrogen and oxygen atoms in total. The zero-order valence-electron chi connectivity index (χ0n) is 32.8. The van der Waals surface area contributed by atoms with Crippen molar-refractivity contribution in [2.75, 3.05) is 38.3 Å². The third-order valence-electron chi connectivity index (χ3n) is 11.2. The zero-order valence-corrected chi connectivity index (χ0v) is 33.5. The Morgan fingerprint density at radius 3 is 2.35 bits per heavy atom. The molecule has 57 heavy (non-hydrogen) atoms. The van der Waals surface area contributed by atoms with Crippen molar-refractivity contribution in [2.45, 2.75) is 108 Å². The van der Waals surface area contributed by atoms with E-state index in [1.807, 2.05) is 49.1 Å². The molecular formula is C41H54ClN7O8. The van der Waals surface area contributed by atoms with Gasteiger partial charge in [-0.25, -0.2) is 4.79 Å². The van der Waals surface area contributed by atoms with Gasteiger partial charge in [0, 0.05) is 32.1 Å². The van der Waals surface area contributed by atoms with Crippen molar-refractivity contribution in [1.82, 2.24) is 30.7 Å². The Balaban J connectivity index is 1.30. The monoisotopic (exact) mass is 807 g/mol. The number of fused-ring (bicyclic) bond motifs is 3. The van der Waals surface area contributed by atoms with Gasteiger partial charge in [0.25, 0.3) is 0 Å². The summed E-state index contributed by atoms with van der Waals surface area (Å²) in [6.45, 7) is 6.88. The van der Waals surface area contributed by atoms with Crippen LogP contribution in [0.25, 0.3) is 0 Å². The van der Waals surface area contributed by atoms with E-state index in [-0.39, 0.29) is 50.1 Å². The summed E-state index contributed by atoms with van der Waals surface area (Å²) in [5, 5.41) is 11.5. The Hall–Kier alpha value is -4.73. The van der Waals surface area contributed by atoms with Gasteiger partial charge < -0.3 is 40.5 Å². The number of benzene rings is 2. The third-order valence-corrected chi connectivity index (χ3v) is 11.5. The molecule has 4 aliphatic rings. The first-order valence-electron chi connectivity index (χ1n) is 20.0. The van der Waals surface area contributed by atoms with E-state index in [0.29, 0.717) is 49.5 Å². The summed E-state index contributed by atoms with van der Waals surface area (Å²) in [6, 6.07) is 9.82. The van der Waals surface area contributed by atoms with E-state index < -0.39 is 60.1 Å². The number of urea groups is 1. The van der Waals surface area contributed by atoms with Gasteiger partial charge in [-0.05, 0) is 76.0 Å². The molecule has 4 saturated heterocycles. The van der Waals surface area contributed by atoms with E-state index in [1.54, 1.807) is 36.1 Å². The van der Waals surface area contributed by atoms with Gasteiger partial charge in [-0.15, -0.1) is 0 Å². The van der Waals surface area contributed by atoms with E-state index >= 15 is 0 Å². The van der Waals surface area contributed by atoms with Crippen LogP contribution in [-0.2, 0) is 39.9 Å². The van der Waals surface area contributed by atoms with Crippen LogP contribution < -0.4 is 21.3 Å². The van der Waals surface area contributed by atoms with Gasteiger partial charge in [-0.1, -0.05) is 61.0 Å². The number of rotatable bonds is 6. The van der Waals surface area contributed by atoms with Crippen LogP contribution in [0.4, 0.5) is 10.5 Å². The maximum Gasteiger partial charge on any atom is 0.323 e. The van der Waals surface area contributed by atoms with Gasteiger partial charge >= 0.3 is 12.0 Å². The molecule has 4 aliphatic heterocycles. The highest BCUT2D eigenvalue weighted by molar-refractivity contribution is 6.33. The molecule has 4 N–H and O–H groups in total. The van der Waals surface area contributed by atoms with E-state index in [4.69, 9.17) is 21.1 Å². The number of hydrogen-bond donors (Lipinski definition) is 4. The highest BCUT2D eigenvalue weighted by Gasteiger charge is 2.46. The number of cyclic esters (lactones) is 1. The topological polar surface area (TPSA) is 179 Å². The van der Waals surface area contributed by atoms with Crippen molar-refractivity contribution < 1.29 is 38.2 Å². The standard InChI is InChI=1S/C41H54ClN7O8/c1-25-20-34-40(54)57-27(3)35(46-36(50)31(21-28-12-5-4-6-13-28)45-41(55)44-30-15-8-7-14-29(30)42)39(53)49-19-11-17-33(49)38(52)48-18-10-9-16-32(48)37(51)43-26(2)23-56-24-47(34)22-25/h4-8,12-15,25-27,31-35H,9-11,16-24H2,1-3H3,(H,43,51)(H,46,50)(H2,44,45,55)/t25-,26+,27+,31+,32+,33+,34+,35+/m1/s1. The second-order valence-corrected chi connectivity index (χ2v) is 16.1. The minimum atomic E-state index is -1.43. The largest absolute Gasteiger partial charge is 0.459 e. The fourth-order valence-corrected chi connectivity index (χ4v) is 8.46. The molecule has 0 bridgehead atoms. The third kappa shape index (κ3) is 10.4. The molecule has 0 aromatic heterocycles. The number of carbonyl (C=O) groups is 6. The number of amides is 6. The average Bonchev–Trinajstić information content (AvgIpc) is 3.84. The molecule has 2 aromatic carbocycles. The fourth-order valence-electron chi connectivity index (χ4n) is 8.27. The number of para-hydroxylation sites is 1. The van der Waals surface area contributed by atoms with Crippen LogP contribution >= 0.6 is 11.6 Å². The van der Waals surface area contributed by atoms with Crippen molar-refractivity contribution in [3.8, 4) is 0 Å². The minimum Gasteiger partial charge on any atom is -0.459 e. The summed E-state index contributed by atoms with van der Waals surface area (Å²) >= 11 is 6.28. The minimum absolute atomic E-state index is 0.0640. The van der Waals surface area contributed by atoms with Gasteiger partial charge in [-0.3, -0.25) is 28.9 Å². The maximum absolute atomic E-state index is 14.8. The molecule has 6 amide bonds. The lowest BCUT2D eigenvalue weighted by molar-refractivity contribution is -0.161. The number of ether oxygens (including phenoxy) is 2. The molecule has 6 rings (SSSR count). The molecule has 8 atom stereocenters. The molecule has 4 fully saturated rings. The van der Waals surface area contributed by atoms with Gasteiger partial charge in [0.2, 0.25) is 23.6 Å². The lowest BCUT2D eigenvalue weighted by Crippen LogP contribution is -2.62. The zero-order chi connectivity index (χ0) is 40.6. The quantitative estimate of drug-likeness (QED) is 0.320. The number of piperidine rings is 1. The first kappa shape index (κ1) is 41.9. The number of carbonyl (C=O) groups excluding carboxylic acids is 6. The Morgan fingerprint density at radius 2 is 1.58 bits per heavy atom. The van der Waals surface area contributed by atoms with E-state index in [9.17, 15) is 28.8 Å². The number of esters is 1. The first-order chi connectivity index (χ1) is 27.4. The maximum atomic E-state index is 14.8. The molecule has 0 aliphatic carbocycles. The van der Waals surface area contributed by atoms with Crippen molar-refractivity contribution >= 4 is 52.9 Å². The summed E-state index contributed by atoms with van der Waals surface area (Å²) in [7, 11) is 0. The van der Waals surface area contributed by atoms with Crippen LogP contribution in [0.2, 0.25) is 5.02 Å². The molecule has 0 saturated carbocycles. The Morgan fingerprint density at radius 1 is 0.877 bits per heavy atom. The van der Waals surface area contributed by atoms with Crippen molar-refractivity contribution in [3.63, 3.8) is 0 Å². The predicted octanol–water partition coefficient (Wildman–Crippen LogP) is 3.06. The Kier molecular flexibility index (Phi) is 14.1. The van der Waals surface area contributed by atoms with Crippen molar-refractivity contribution in [2.24, 2.45) is 5.92 Å². The van der Waals surface area contributed by atoms with Gasteiger partial charge in [-0.2, -0.15) is 0 Å². The summed E-state index contributed by atoms with van der Waals surface area (Å²) in [6.07, 6.45) is 2.26. The highest BCUT2D eigenvalue weighted by atomic mass is 35.5. The van der Waals surface area contributed by atoms with Crippen LogP contribution in [0, 0.1) is 5.92 Å². The lowest BCUT2D eigenvalue weighted by atomic mass is 9.99. The van der Waals surface area contributed by atoms with Crippen LogP contribution in [0.15, 0.2) is 54.6 Å². The molecule has 0 spiro atoms. The van der Waals surface area contributed by atoms with Crippen LogP contribution in [0.5, 0.6) is 0 Å². The molecule has 308 valence electrons. The molecule has 4 heterocycles. The Labute approximate surface area is 338 Å². The van der Waals surface area contributed by atoms with Crippen molar-refractivity contribution in [1.29, 1.82) is 0 Å². The number of nitrogens with zero attached hydrogens (tertiary/aromatic N) is 3. The van der Waals surface area contributed by atoms with Gasteiger partial charge in [0.15, 0.2) is 0 Å². The number of nitrogens with one attached hydrogen (secondary N) is 4. The second-order valence-electron chi connectivity index (χ2n) is 15.7. The number of halogens is 1. The highest BCUT2D eigenvalue weighted by Crippen LogP contribution is 2.28. The summed E-state index contributed by atoms with van der Waals surface area (Å²) in [5.41, 5.74) is 1.08. The van der Waals surface area contributed by atoms with Gasteiger partial charge in [0.05, 0.1) is 24.0 Å². The summed E-state index contributed by atoms with van der Waals surface area (Å²) in [5.74, 6) is -2.35. The van der Waals surface area contributed by atoms with E-state index in [0.717, 1.165) is 18.4 Å². The average molecular weight is 808 g/mol. The van der Waals surface area contributed by atoms with Gasteiger partial charge in [0.1, 0.15) is 36.3 Å². The smallest absolute Gasteiger partial charge is 0.323 e.